The van der Waals surface area contributed by atoms with Gasteiger partial charge < -0.3 is 10.3 Å². The number of anilines is 1. The zero-order chi connectivity index (χ0) is 11.1. The van der Waals surface area contributed by atoms with Crippen molar-refractivity contribution >= 4 is 18.0 Å². The van der Waals surface area contributed by atoms with Crippen LogP contribution in [0.25, 0.3) is 12.2 Å². The van der Waals surface area contributed by atoms with Gasteiger partial charge >= 0.3 is 0 Å². The standard InChI is InChI=1S/C9H12N2O.C2H6/c1-4-8-7(5-6(2)3)9(10)11-12-8;1-2/h4-5H,1H2,2-3H3,(H2,10,11);1-2H3. The van der Waals surface area contributed by atoms with E-state index in [1.807, 2.05) is 33.8 Å². The first-order valence-corrected chi connectivity index (χ1v) is 4.67. The van der Waals surface area contributed by atoms with Crippen LogP contribution < -0.4 is 5.73 Å². The third kappa shape index (κ3) is 3.09. The van der Waals surface area contributed by atoms with Gasteiger partial charge in [-0.1, -0.05) is 31.2 Å². The number of nitrogens with two attached hydrogens (primary N) is 1. The Hall–Kier alpha value is -1.51. The molecule has 0 radical (unpaired) electrons. The molecule has 1 rings (SSSR count). The van der Waals surface area contributed by atoms with Crippen molar-refractivity contribution in [2.75, 3.05) is 5.73 Å². The minimum atomic E-state index is 0.408. The molecule has 14 heavy (non-hydrogen) atoms. The number of nitrogen functional groups attached to an aromatic ring is 1. The minimum absolute atomic E-state index is 0.408. The fourth-order valence-electron chi connectivity index (χ4n) is 0.904. The molecule has 0 aromatic carbocycles. The number of hydrogen-bond acceptors (Lipinski definition) is 3. The third-order valence-corrected chi connectivity index (χ3v) is 1.40. The van der Waals surface area contributed by atoms with Crippen LogP contribution in [0.1, 0.15) is 39.0 Å². The molecule has 78 valence electrons. The van der Waals surface area contributed by atoms with Crippen LogP contribution in [0.5, 0.6) is 0 Å². The average Bonchev–Trinajstić information content (AvgIpc) is 2.51. The van der Waals surface area contributed by atoms with E-state index in [1.165, 1.54) is 0 Å². The lowest BCUT2D eigenvalue weighted by Crippen LogP contribution is -1.87. The lowest BCUT2D eigenvalue weighted by atomic mass is 10.2. The van der Waals surface area contributed by atoms with Crippen molar-refractivity contribution in [3.8, 4) is 0 Å². The molecule has 0 saturated heterocycles. The summed E-state index contributed by atoms with van der Waals surface area (Å²) in [7, 11) is 0. The highest BCUT2D eigenvalue weighted by atomic mass is 16.5. The van der Waals surface area contributed by atoms with E-state index in [0.717, 1.165) is 11.1 Å². The number of nitrogens with zero attached hydrogens (tertiary/aromatic N) is 1. The summed E-state index contributed by atoms with van der Waals surface area (Å²) in [6.07, 6.45) is 3.51. The maximum Gasteiger partial charge on any atom is 0.174 e. The van der Waals surface area contributed by atoms with Gasteiger partial charge in [-0.2, -0.15) is 0 Å². The SMILES string of the molecule is C=Cc1onc(N)c1C=C(C)C.CC. The van der Waals surface area contributed by atoms with Crippen molar-refractivity contribution in [1.29, 1.82) is 0 Å². The van der Waals surface area contributed by atoms with Crippen LogP contribution in [0.3, 0.4) is 0 Å². The summed E-state index contributed by atoms with van der Waals surface area (Å²) in [5.74, 6) is 1.03. The van der Waals surface area contributed by atoms with Crippen LogP contribution in [0.4, 0.5) is 5.82 Å². The largest absolute Gasteiger partial charge is 0.380 e. The highest BCUT2D eigenvalue weighted by Crippen LogP contribution is 2.20. The number of aromatic nitrogens is 1. The quantitative estimate of drug-likeness (QED) is 0.785. The normalized spacial score (nSPS) is 8.57. The first kappa shape index (κ1) is 12.5. The Morgan fingerprint density at radius 2 is 2.00 bits per heavy atom. The molecule has 0 amide bonds. The second-order valence-corrected chi connectivity index (χ2v) is 2.77. The Kier molecular flexibility index (Phi) is 5.37. The fraction of sp³-hybridized carbons (Fsp3) is 0.364. The zero-order valence-corrected chi connectivity index (χ0v) is 9.29. The molecule has 2 N–H and O–H groups in total. The van der Waals surface area contributed by atoms with Crippen LogP contribution in [0.15, 0.2) is 16.7 Å². The average molecular weight is 194 g/mol. The second-order valence-electron chi connectivity index (χ2n) is 2.77. The number of allylic oxidation sites excluding steroid dienone is 1. The van der Waals surface area contributed by atoms with Gasteiger partial charge in [-0.15, -0.1) is 0 Å². The van der Waals surface area contributed by atoms with E-state index < -0.39 is 0 Å². The van der Waals surface area contributed by atoms with E-state index >= 15 is 0 Å². The van der Waals surface area contributed by atoms with Gasteiger partial charge in [-0.05, 0) is 26.0 Å². The van der Waals surface area contributed by atoms with Gasteiger partial charge in [0, 0.05) is 0 Å². The van der Waals surface area contributed by atoms with Crippen molar-refractivity contribution in [3.05, 3.63) is 23.5 Å². The molecule has 0 spiro atoms. The summed E-state index contributed by atoms with van der Waals surface area (Å²) in [6, 6.07) is 0. The van der Waals surface area contributed by atoms with E-state index in [4.69, 9.17) is 10.3 Å². The Labute approximate surface area is 85.3 Å². The van der Waals surface area contributed by atoms with Gasteiger partial charge in [-0.3, -0.25) is 0 Å². The van der Waals surface area contributed by atoms with Crippen molar-refractivity contribution < 1.29 is 4.52 Å². The number of rotatable bonds is 2. The molecule has 1 aromatic heterocycles. The summed E-state index contributed by atoms with van der Waals surface area (Å²) >= 11 is 0. The van der Waals surface area contributed by atoms with E-state index in [0.29, 0.717) is 11.6 Å². The van der Waals surface area contributed by atoms with E-state index in [1.54, 1.807) is 6.08 Å². The minimum Gasteiger partial charge on any atom is -0.380 e. The molecule has 3 heteroatoms. The Balaban J connectivity index is 0.000000791. The molecular weight excluding hydrogens is 176 g/mol. The maximum absolute atomic E-state index is 5.57. The fourth-order valence-corrected chi connectivity index (χ4v) is 0.904. The smallest absolute Gasteiger partial charge is 0.174 e. The molecule has 1 heterocycles. The van der Waals surface area contributed by atoms with Gasteiger partial charge in [0.15, 0.2) is 11.6 Å². The van der Waals surface area contributed by atoms with Crippen LogP contribution in [0, 0.1) is 0 Å². The van der Waals surface area contributed by atoms with Crippen LogP contribution >= 0.6 is 0 Å². The van der Waals surface area contributed by atoms with Crippen molar-refractivity contribution in [3.63, 3.8) is 0 Å². The Morgan fingerprint density at radius 1 is 1.43 bits per heavy atom. The molecular formula is C11H18N2O. The van der Waals surface area contributed by atoms with E-state index in [2.05, 4.69) is 11.7 Å². The molecule has 0 aliphatic rings. The van der Waals surface area contributed by atoms with Gasteiger partial charge in [0.05, 0.1) is 5.56 Å². The predicted molar refractivity (Wildman–Crippen MR) is 61.7 cm³/mol. The first-order valence-electron chi connectivity index (χ1n) is 4.67. The molecule has 0 fully saturated rings. The molecule has 0 saturated carbocycles. The van der Waals surface area contributed by atoms with Crippen molar-refractivity contribution in [1.82, 2.24) is 5.16 Å². The third-order valence-electron chi connectivity index (χ3n) is 1.40. The van der Waals surface area contributed by atoms with Gasteiger partial charge in [0.25, 0.3) is 0 Å². The van der Waals surface area contributed by atoms with Crippen LogP contribution in [-0.4, -0.2) is 5.16 Å². The molecule has 3 nitrogen and oxygen atoms in total. The van der Waals surface area contributed by atoms with Crippen LogP contribution in [0.2, 0.25) is 0 Å². The van der Waals surface area contributed by atoms with Gasteiger partial charge in [0.1, 0.15) is 0 Å². The summed E-state index contributed by atoms with van der Waals surface area (Å²) in [5.41, 5.74) is 7.52. The maximum atomic E-state index is 5.57. The topological polar surface area (TPSA) is 52.0 Å². The van der Waals surface area contributed by atoms with Gasteiger partial charge in [-0.25, -0.2) is 0 Å². The first-order chi connectivity index (χ1) is 6.65. The number of hydrogen-bond donors (Lipinski definition) is 1. The Morgan fingerprint density at radius 3 is 2.43 bits per heavy atom. The van der Waals surface area contributed by atoms with E-state index in [9.17, 15) is 0 Å². The zero-order valence-electron chi connectivity index (χ0n) is 9.29. The predicted octanol–water partition coefficient (Wildman–Crippen LogP) is 3.35. The molecule has 1 aromatic rings. The Bertz CT molecular complexity index is 320. The molecule has 0 aliphatic heterocycles. The van der Waals surface area contributed by atoms with E-state index in [-0.39, 0.29) is 0 Å². The highest BCUT2D eigenvalue weighted by Gasteiger charge is 2.07. The lowest BCUT2D eigenvalue weighted by Gasteiger charge is -1.91. The summed E-state index contributed by atoms with van der Waals surface area (Å²) in [5, 5.41) is 3.63. The monoisotopic (exact) mass is 194 g/mol. The lowest BCUT2D eigenvalue weighted by molar-refractivity contribution is 0.416. The summed E-state index contributed by atoms with van der Waals surface area (Å²) < 4.78 is 4.91. The molecule has 0 unspecified atom stereocenters. The van der Waals surface area contributed by atoms with Crippen molar-refractivity contribution in [2.24, 2.45) is 0 Å². The second kappa shape index (κ2) is 6.02. The summed E-state index contributed by atoms with van der Waals surface area (Å²) in [4.78, 5) is 0. The molecule has 0 atom stereocenters. The summed E-state index contributed by atoms with van der Waals surface area (Å²) in [6.45, 7) is 11.6. The molecule has 0 aliphatic carbocycles. The van der Waals surface area contributed by atoms with Crippen molar-refractivity contribution in [2.45, 2.75) is 27.7 Å². The van der Waals surface area contributed by atoms with Crippen LogP contribution in [-0.2, 0) is 0 Å². The molecule has 0 bridgehead atoms. The highest BCUT2D eigenvalue weighted by molar-refractivity contribution is 5.69. The van der Waals surface area contributed by atoms with Gasteiger partial charge in [0.2, 0.25) is 0 Å².